The molecule has 0 amide bonds. The molecule has 17 heavy (non-hydrogen) atoms. The van der Waals surface area contributed by atoms with Crippen molar-refractivity contribution in [1.82, 2.24) is 0 Å². The van der Waals surface area contributed by atoms with Crippen LogP contribution in [0.2, 0.25) is 0 Å². The molecule has 0 fully saturated rings. The lowest BCUT2D eigenvalue weighted by Crippen LogP contribution is -2.24. The quantitative estimate of drug-likeness (QED) is 0.879. The van der Waals surface area contributed by atoms with Crippen LogP contribution in [0.1, 0.15) is 31.9 Å². The van der Waals surface area contributed by atoms with Gasteiger partial charge < -0.3 is 15.7 Å². The number of hydrogen-bond donors (Lipinski definition) is 2. The highest BCUT2D eigenvalue weighted by Gasteiger charge is 2.11. The van der Waals surface area contributed by atoms with E-state index in [0.717, 1.165) is 28.7 Å². The van der Waals surface area contributed by atoms with Gasteiger partial charge in [-0.2, -0.15) is 0 Å². The van der Waals surface area contributed by atoms with Crippen LogP contribution in [-0.2, 0) is 0 Å². The van der Waals surface area contributed by atoms with Gasteiger partial charge in [-0.05, 0) is 38.0 Å². The molecule has 0 saturated heterocycles. The number of hydrogen-bond acceptors (Lipinski definition) is 3. The Bertz CT molecular complexity index is 366. The van der Waals surface area contributed by atoms with Crippen molar-refractivity contribution in [1.29, 1.82) is 0 Å². The van der Waals surface area contributed by atoms with Gasteiger partial charge in [-0.1, -0.05) is 22.0 Å². The Morgan fingerprint density at radius 2 is 2.06 bits per heavy atom. The van der Waals surface area contributed by atoms with Crippen LogP contribution in [-0.4, -0.2) is 24.8 Å². The summed E-state index contributed by atoms with van der Waals surface area (Å²) in [5.74, 6) is 0. The number of benzene rings is 1. The third-order valence-electron chi connectivity index (χ3n) is 2.78. The van der Waals surface area contributed by atoms with Gasteiger partial charge in [0.05, 0.1) is 6.10 Å². The third kappa shape index (κ3) is 4.30. The van der Waals surface area contributed by atoms with Crippen LogP contribution in [0.4, 0.5) is 5.69 Å². The van der Waals surface area contributed by atoms with Crippen LogP contribution < -0.4 is 10.6 Å². The molecule has 3 nitrogen and oxygen atoms in total. The smallest absolute Gasteiger partial charge is 0.0528 e. The second-order valence-corrected chi connectivity index (χ2v) is 5.47. The maximum atomic E-state index is 9.32. The molecule has 0 heterocycles. The Hall–Kier alpha value is -0.580. The number of nitrogens with two attached hydrogens (primary N) is 1. The first kappa shape index (κ1) is 14.5. The van der Waals surface area contributed by atoms with E-state index in [1.807, 2.05) is 26.1 Å². The lowest BCUT2D eigenvalue weighted by molar-refractivity contribution is 0.187. The summed E-state index contributed by atoms with van der Waals surface area (Å²) in [4.78, 5) is 2.14. The number of rotatable bonds is 5. The van der Waals surface area contributed by atoms with Crippen molar-refractivity contribution < 1.29 is 5.11 Å². The Morgan fingerprint density at radius 3 is 2.59 bits per heavy atom. The van der Waals surface area contributed by atoms with E-state index in [0.29, 0.717) is 0 Å². The third-order valence-corrected chi connectivity index (χ3v) is 3.27. The van der Waals surface area contributed by atoms with E-state index in [1.165, 1.54) is 0 Å². The van der Waals surface area contributed by atoms with Crippen molar-refractivity contribution in [3.63, 3.8) is 0 Å². The van der Waals surface area contributed by atoms with Crippen LogP contribution in [0, 0.1) is 0 Å². The topological polar surface area (TPSA) is 49.5 Å². The molecule has 0 radical (unpaired) electrons. The lowest BCUT2D eigenvalue weighted by atomic mass is 10.1. The first-order valence-corrected chi connectivity index (χ1v) is 6.65. The molecular formula is C13H21BrN2O. The van der Waals surface area contributed by atoms with Crippen molar-refractivity contribution in [3.8, 4) is 0 Å². The summed E-state index contributed by atoms with van der Waals surface area (Å²) < 4.78 is 1.04. The fourth-order valence-corrected chi connectivity index (χ4v) is 2.08. The Labute approximate surface area is 112 Å². The van der Waals surface area contributed by atoms with Gasteiger partial charge in [-0.15, -0.1) is 0 Å². The average Bonchev–Trinajstić information content (AvgIpc) is 2.25. The summed E-state index contributed by atoms with van der Waals surface area (Å²) in [6, 6.07) is 6.13. The van der Waals surface area contributed by atoms with E-state index >= 15 is 0 Å². The molecule has 1 aromatic rings. The van der Waals surface area contributed by atoms with Crippen molar-refractivity contribution >= 4 is 21.6 Å². The van der Waals surface area contributed by atoms with E-state index in [-0.39, 0.29) is 12.1 Å². The van der Waals surface area contributed by atoms with E-state index in [9.17, 15) is 5.11 Å². The summed E-state index contributed by atoms with van der Waals surface area (Å²) >= 11 is 3.48. The summed E-state index contributed by atoms with van der Waals surface area (Å²) in [7, 11) is 2.02. The molecule has 0 saturated carbocycles. The lowest BCUT2D eigenvalue weighted by Gasteiger charge is -2.24. The van der Waals surface area contributed by atoms with Gasteiger partial charge in [0.25, 0.3) is 0 Å². The number of aliphatic hydroxyl groups is 1. The molecule has 0 bridgehead atoms. The monoisotopic (exact) mass is 300 g/mol. The second-order valence-electron chi connectivity index (χ2n) is 4.55. The van der Waals surface area contributed by atoms with Gasteiger partial charge in [-0.25, -0.2) is 0 Å². The minimum absolute atomic E-state index is 0.00657. The van der Waals surface area contributed by atoms with Crippen LogP contribution >= 0.6 is 15.9 Å². The van der Waals surface area contributed by atoms with Gasteiger partial charge in [0.2, 0.25) is 0 Å². The molecule has 1 rings (SSSR count). The van der Waals surface area contributed by atoms with Gasteiger partial charge in [0.15, 0.2) is 0 Å². The van der Waals surface area contributed by atoms with Crippen molar-refractivity contribution in [2.45, 2.75) is 32.4 Å². The molecule has 2 unspecified atom stereocenters. The highest BCUT2D eigenvalue weighted by Crippen LogP contribution is 2.28. The van der Waals surface area contributed by atoms with Gasteiger partial charge in [0, 0.05) is 29.8 Å². The molecule has 96 valence electrons. The highest BCUT2D eigenvalue weighted by atomic mass is 79.9. The van der Waals surface area contributed by atoms with Crippen molar-refractivity contribution in [3.05, 3.63) is 28.2 Å². The zero-order chi connectivity index (χ0) is 13.0. The van der Waals surface area contributed by atoms with Crippen LogP contribution in [0.15, 0.2) is 22.7 Å². The molecular weight excluding hydrogens is 280 g/mol. The molecule has 4 heteroatoms. The molecule has 1 aromatic carbocycles. The summed E-state index contributed by atoms with van der Waals surface area (Å²) in [6.45, 7) is 4.60. The van der Waals surface area contributed by atoms with Crippen molar-refractivity contribution in [2.75, 3.05) is 18.5 Å². The van der Waals surface area contributed by atoms with Gasteiger partial charge in [-0.3, -0.25) is 0 Å². The predicted molar refractivity (Wildman–Crippen MR) is 76.3 cm³/mol. The number of nitrogens with zero attached hydrogens (tertiary/aromatic N) is 1. The normalized spacial score (nSPS) is 14.5. The van der Waals surface area contributed by atoms with E-state index < -0.39 is 0 Å². The summed E-state index contributed by atoms with van der Waals surface area (Å²) in [5, 5.41) is 9.32. The molecule has 0 aliphatic heterocycles. The molecule has 2 atom stereocenters. The highest BCUT2D eigenvalue weighted by molar-refractivity contribution is 9.10. The predicted octanol–water partition coefficient (Wildman–Crippen LogP) is 2.68. The number of aliphatic hydroxyl groups excluding tert-OH is 1. The number of anilines is 1. The molecule has 0 aromatic heterocycles. The standard InChI is InChI=1S/C13H21BrN2O/c1-9(17)6-7-16(3)13-8-11(14)4-5-12(13)10(2)15/h4-5,8-10,17H,6-7,15H2,1-3H3. The van der Waals surface area contributed by atoms with E-state index in [1.54, 1.807) is 6.92 Å². The Kier molecular flexibility index (Phi) is 5.43. The molecule has 3 N–H and O–H groups in total. The SMILES string of the molecule is CC(O)CCN(C)c1cc(Br)ccc1C(C)N. The molecule has 0 aliphatic carbocycles. The second kappa shape index (κ2) is 6.38. The summed E-state index contributed by atoms with van der Waals surface area (Å²) in [6.07, 6.45) is 0.477. The zero-order valence-electron chi connectivity index (χ0n) is 10.7. The minimum atomic E-state index is -0.275. The van der Waals surface area contributed by atoms with Crippen LogP contribution in [0.25, 0.3) is 0 Å². The first-order chi connectivity index (χ1) is 7.91. The largest absolute Gasteiger partial charge is 0.393 e. The fraction of sp³-hybridized carbons (Fsp3) is 0.538. The average molecular weight is 301 g/mol. The van der Waals surface area contributed by atoms with Crippen molar-refractivity contribution in [2.24, 2.45) is 5.73 Å². The maximum Gasteiger partial charge on any atom is 0.0528 e. The van der Waals surface area contributed by atoms with Crippen LogP contribution in [0.3, 0.4) is 0 Å². The fourth-order valence-electron chi connectivity index (χ4n) is 1.73. The Balaban J connectivity index is 2.90. The van der Waals surface area contributed by atoms with E-state index in [2.05, 4.69) is 26.9 Å². The van der Waals surface area contributed by atoms with Gasteiger partial charge >= 0.3 is 0 Å². The van der Waals surface area contributed by atoms with Crippen LogP contribution in [0.5, 0.6) is 0 Å². The minimum Gasteiger partial charge on any atom is -0.393 e. The maximum absolute atomic E-state index is 9.32. The first-order valence-electron chi connectivity index (χ1n) is 5.86. The summed E-state index contributed by atoms with van der Waals surface area (Å²) in [5.41, 5.74) is 8.21. The molecule has 0 spiro atoms. The number of halogens is 1. The Morgan fingerprint density at radius 1 is 1.41 bits per heavy atom. The molecule has 0 aliphatic rings. The van der Waals surface area contributed by atoms with Gasteiger partial charge in [0.1, 0.15) is 0 Å². The van der Waals surface area contributed by atoms with E-state index in [4.69, 9.17) is 5.73 Å². The zero-order valence-corrected chi connectivity index (χ0v) is 12.2.